The van der Waals surface area contributed by atoms with Crippen LogP contribution in [0.1, 0.15) is 19.3 Å². The van der Waals surface area contributed by atoms with Crippen LogP contribution < -0.4 is 16.8 Å². The summed E-state index contributed by atoms with van der Waals surface area (Å²) >= 11 is 0. The number of nitrogens with one attached hydrogen (secondary N) is 1. The number of aliphatic carboxylic acids is 2. The van der Waals surface area contributed by atoms with Crippen LogP contribution in [0, 0.1) is 11.8 Å². The Morgan fingerprint density at radius 1 is 1.28 bits per heavy atom. The largest absolute Gasteiger partial charge is 0.481 e. The van der Waals surface area contributed by atoms with E-state index < -0.39 is 35.4 Å². The van der Waals surface area contributed by atoms with Crippen molar-refractivity contribution in [2.24, 2.45) is 16.9 Å². The molecular formula is C14H17N5O6. The third kappa shape index (κ3) is 4.62. The summed E-state index contributed by atoms with van der Waals surface area (Å²) in [6.45, 7) is 0.0678. The van der Waals surface area contributed by atoms with E-state index >= 15 is 0 Å². The molecule has 1 saturated carbocycles. The zero-order valence-corrected chi connectivity index (χ0v) is 13.1. The molecule has 0 unspecified atom stereocenters. The van der Waals surface area contributed by atoms with E-state index in [1.54, 1.807) is 0 Å². The predicted octanol–water partition coefficient (Wildman–Crippen LogP) is -1.12. The second-order valence-electron chi connectivity index (χ2n) is 5.59. The quantitative estimate of drug-likeness (QED) is 0.466. The number of nitrogens with zero attached hydrogens (tertiary/aromatic N) is 3. The average molecular weight is 351 g/mol. The number of anilines is 1. The maximum atomic E-state index is 11.8. The lowest BCUT2D eigenvalue weighted by molar-refractivity contribution is -0.152. The maximum absolute atomic E-state index is 11.8. The van der Waals surface area contributed by atoms with Crippen molar-refractivity contribution in [2.45, 2.75) is 25.8 Å². The normalized spacial score (nSPS) is 21.2. The van der Waals surface area contributed by atoms with Crippen LogP contribution in [0.3, 0.4) is 0 Å². The number of aromatic nitrogens is 2. The van der Waals surface area contributed by atoms with Crippen molar-refractivity contribution in [1.29, 1.82) is 0 Å². The molecule has 5 N–H and O–H groups in total. The minimum Gasteiger partial charge on any atom is -0.481 e. The topological polar surface area (TPSA) is 177 Å². The average Bonchev–Trinajstić information content (AvgIpc) is 2.97. The van der Waals surface area contributed by atoms with Gasteiger partial charge in [0.05, 0.1) is 11.8 Å². The molecule has 1 aromatic rings. The van der Waals surface area contributed by atoms with Crippen LogP contribution in [0.5, 0.6) is 0 Å². The number of hydrazone groups is 1. The van der Waals surface area contributed by atoms with Crippen LogP contribution in [0.2, 0.25) is 0 Å². The van der Waals surface area contributed by atoms with Gasteiger partial charge in [0.15, 0.2) is 0 Å². The molecule has 2 rings (SSSR count). The Morgan fingerprint density at radius 2 is 1.88 bits per heavy atom. The minimum absolute atomic E-state index is 0.0338. The Hall–Kier alpha value is -3.24. The maximum Gasteiger partial charge on any atom is 0.349 e. The number of amides is 1. The summed E-state index contributed by atoms with van der Waals surface area (Å²) in [7, 11) is 0. The van der Waals surface area contributed by atoms with Gasteiger partial charge in [0.2, 0.25) is 5.91 Å². The Bertz CT molecular complexity index is 762. The summed E-state index contributed by atoms with van der Waals surface area (Å²) in [6.07, 6.45) is 1.28. The summed E-state index contributed by atoms with van der Waals surface area (Å²) in [5, 5.41) is 21.9. The molecule has 1 aromatic heterocycles. The molecule has 0 aromatic carbocycles. The first-order valence-corrected chi connectivity index (χ1v) is 7.40. The van der Waals surface area contributed by atoms with Gasteiger partial charge in [-0.3, -0.25) is 19.0 Å². The minimum atomic E-state index is -1.21. The van der Waals surface area contributed by atoms with Crippen molar-refractivity contribution in [3.05, 3.63) is 22.7 Å². The van der Waals surface area contributed by atoms with Crippen molar-refractivity contribution in [1.82, 2.24) is 15.0 Å². The molecule has 1 fully saturated rings. The second-order valence-corrected chi connectivity index (χ2v) is 5.59. The number of carboxylic acids is 2. The lowest BCUT2D eigenvalue weighted by Crippen LogP contribution is -2.27. The molecule has 134 valence electrons. The summed E-state index contributed by atoms with van der Waals surface area (Å²) in [5.41, 5.74) is 7.33. The molecule has 1 aliphatic carbocycles. The van der Waals surface area contributed by atoms with Gasteiger partial charge in [-0.2, -0.15) is 10.1 Å². The molecule has 11 heteroatoms. The Kier molecular flexibility index (Phi) is 5.47. The molecule has 25 heavy (non-hydrogen) atoms. The Morgan fingerprint density at radius 3 is 2.40 bits per heavy atom. The number of carbonyl (C=O) groups excluding carboxylic acids is 1. The highest BCUT2D eigenvalue weighted by molar-refractivity contribution is 5.97. The van der Waals surface area contributed by atoms with Gasteiger partial charge in [-0.1, -0.05) is 0 Å². The van der Waals surface area contributed by atoms with Crippen LogP contribution in [-0.4, -0.2) is 43.3 Å². The molecule has 0 bridgehead atoms. The van der Waals surface area contributed by atoms with E-state index in [0.717, 1.165) is 0 Å². The van der Waals surface area contributed by atoms with E-state index in [1.807, 2.05) is 0 Å². The first-order chi connectivity index (χ1) is 11.8. The van der Waals surface area contributed by atoms with E-state index in [4.69, 9.17) is 15.9 Å². The summed E-state index contributed by atoms with van der Waals surface area (Å²) in [5.74, 6) is -4.96. The SMILES string of the molecule is Nc1ccn(CCC(=O)NN=C2C[C@H](C(=O)O)[C@H](C(=O)O)C2)c(=O)n1. The molecule has 1 aliphatic rings. The third-order valence-electron chi connectivity index (χ3n) is 3.85. The molecule has 0 spiro atoms. The highest BCUT2D eigenvalue weighted by Crippen LogP contribution is 2.30. The van der Waals surface area contributed by atoms with E-state index in [9.17, 15) is 19.2 Å². The fraction of sp³-hybridized carbons (Fsp3) is 0.429. The molecule has 0 saturated heterocycles. The van der Waals surface area contributed by atoms with E-state index in [0.29, 0.717) is 5.71 Å². The number of aryl methyl sites for hydroxylation is 1. The fourth-order valence-electron chi connectivity index (χ4n) is 2.52. The summed E-state index contributed by atoms with van der Waals surface area (Å²) in [4.78, 5) is 48.9. The number of nitrogens with two attached hydrogens (primary N) is 1. The zero-order chi connectivity index (χ0) is 18.6. The van der Waals surface area contributed by atoms with Gasteiger partial charge < -0.3 is 15.9 Å². The van der Waals surface area contributed by atoms with Crippen LogP contribution in [0.25, 0.3) is 0 Å². The predicted molar refractivity (Wildman–Crippen MR) is 84.6 cm³/mol. The number of carboxylic acid groups (broad SMARTS) is 2. The highest BCUT2D eigenvalue weighted by Gasteiger charge is 2.41. The molecule has 1 heterocycles. The fourth-order valence-corrected chi connectivity index (χ4v) is 2.52. The van der Waals surface area contributed by atoms with Crippen LogP contribution >= 0.6 is 0 Å². The standard InChI is InChI=1S/C14H17N5O6/c15-10-1-3-19(14(25)16-10)4-2-11(20)18-17-7-5-8(12(21)22)9(6-7)13(23)24/h1,3,8-9H,2,4-6H2,(H,18,20)(H,21,22)(H,23,24)(H2,15,16,25)/t8-,9+. The van der Waals surface area contributed by atoms with Gasteiger partial charge >= 0.3 is 17.6 Å². The van der Waals surface area contributed by atoms with E-state index in [1.165, 1.54) is 16.8 Å². The van der Waals surface area contributed by atoms with Gasteiger partial charge in [-0.05, 0) is 6.07 Å². The molecule has 11 nitrogen and oxygen atoms in total. The van der Waals surface area contributed by atoms with Gasteiger partial charge in [0.25, 0.3) is 0 Å². The lowest BCUT2D eigenvalue weighted by atomic mass is 9.97. The molecule has 2 atom stereocenters. The summed E-state index contributed by atoms with van der Waals surface area (Å²) < 4.78 is 1.21. The number of rotatable bonds is 6. The van der Waals surface area contributed by atoms with Crippen molar-refractivity contribution >= 4 is 29.4 Å². The third-order valence-corrected chi connectivity index (χ3v) is 3.85. The first-order valence-electron chi connectivity index (χ1n) is 7.40. The van der Waals surface area contributed by atoms with E-state index in [2.05, 4.69) is 15.5 Å². The van der Waals surface area contributed by atoms with Crippen LogP contribution in [0.15, 0.2) is 22.2 Å². The van der Waals surface area contributed by atoms with Crippen molar-refractivity contribution < 1.29 is 24.6 Å². The van der Waals surface area contributed by atoms with Crippen molar-refractivity contribution in [3.63, 3.8) is 0 Å². The molecule has 0 aliphatic heterocycles. The summed E-state index contributed by atoms with van der Waals surface area (Å²) in [6, 6.07) is 1.43. The van der Waals surface area contributed by atoms with Crippen molar-refractivity contribution in [2.75, 3.05) is 5.73 Å². The van der Waals surface area contributed by atoms with Gasteiger partial charge in [0.1, 0.15) is 5.82 Å². The molecule has 0 radical (unpaired) electrons. The second kappa shape index (κ2) is 7.55. The number of hydrogen-bond acceptors (Lipinski definition) is 7. The molecule has 1 amide bonds. The van der Waals surface area contributed by atoms with E-state index in [-0.39, 0.29) is 31.6 Å². The van der Waals surface area contributed by atoms with Crippen molar-refractivity contribution in [3.8, 4) is 0 Å². The highest BCUT2D eigenvalue weighted by atomic mass is 16.4. The number of nitrogen functional groups attached to an aromatic ring is 1. The van der Waals surface area contributed by atoms with Gasteiger partial charge in [-0.25, -0.2) is 10.2 Å². The molecular weight excluding hydrogens is 334 g/mol. The number of hydrogen-bond donors (Lipinski definition) is 4. The van der Waals surface area contributed by atoms with Gasteiger partial charge in [0, 0.05) is 37.7 Å². The lowest BCUT2D eigenvalue weighted by Gasteiger charge is -2.08. The zero-order valence-electron chi connectivity index (χ0n) is 13.1. The smallest absolute Gasteiger partial charge is 0.349 e. The number of carbonyl (C=O) groups is 3. The monoisotopic (exact) mass is 351 g/mol. The van der Waals surface area contributed by atoms with Crippen LogP contribution in [0.4, 0.5) is 5.82 Å². The first kappa shape index (κ1) is 18.1. The van der Waals surface area contributed by atoms with Crippen LogP contribution in [-0.2, 0) is 20.9 Å². The van der Waals surface area contributed by atoms with Gasteiger partial charge in [-0.15, -0.1) is 0 Å². The Labute approximate surface area is 141 Å². The Balaban J connectivity index is 1.91.